The molecule has 4 heteroatoms. The van der Waals surface area contributed by atoms with Crippen molar-refractivity contribution in [2.45, 2.75) is 41.0 Å². The molecule has 0 bridgehead atoms. The summed E-state index contributed by atoms with van der Waals surface area (Å²) >= 11 is 0. The number of anilines is 2. The van der Waals surface area contributed by atoms with Gasteiger partial charge in [-0.1, -0.05) is 18.2 Å². The van der Waals surface area contributed by atoms with Crippen molar-refractivity contribution in [2.24, 2.45) is 0 Å². The quantitative estimate of drug-likeness (QED) is 0.847. The van der Waals surface area contributed by atoms with Gasteiger partial charge in [-0.2, -0.15) is 0 Å². The molecule has 1 radical (unpaired) electrons. The number of benzene rings is 2. The Balaban J connectivity index is 0.00000312. The van der Waals surface area contributed by atoms with E-state index in [0.29, 0.717) is 6.42 Å². The van der Waals surface area contributed by atoms with Crippen LogP contribution >= 0.6 is 0 Å². The third-order valence-corrected chi connectivity index (χ3v) is 5.12. The Morgan fingerprint density at radius 2 is 1.36 bits per heavy atom. The molecule has 0 fully saturated rings. The first-order valence-electron chi connectivity index (χ1n) is 8.36. The second-order valence-electron chi connectivity index (χ2n) is 6.75. The molecule has 0 aliphatic rings. The van der Waals surface area contributed by atoms with Crippen LogP contribution in [-0.2, 0) is 29.8 Å². The summed E-state index contributed by atoms with van der Waals surface area (Å²) in [6.07, 6.45) is 0.401. The zero-order valence-corrected chi connectivity index (χ0v) is 17.7. The van der Waals surface area contributed by atoms with Gasteiger partial charge in [0.2, 0.25) is 5.91 Å². The molecule has 0 unspecified atom stereocenters. The van der Waals surface area contributed by atoms with Crippen molar-refractivity contribution in [2.75, 3.05) is 19.4 Å². The molecule has 0 aliphatic carbocycles. The van der Waals surface area contributed by atoms with Crippen molar-refractivity contribution < 1.29 is 23.4 Å². The van der Waals surface area contributed by atoms with E-state index in [1.54, 1.807) is 19.0 Å². The van der Waals surface area contributed by atoms with Crippen molar-refractivity contribution in [3.8, 4) is 0 Å². The Morgan fingerprint density at radius 1 is 0.880 bits per heavy atom. The van der Waals surface area contributed by atoms with Crippen LogP contribution in [-0.4, -0.2) is 24.9 Å². The monoisotopic (exact) mass is 375 g/mol. The Labute approximate surface area is 163 Å². The number of likely N-dealkylation sites (N-methyl/N-ethyl adjacent to an activating group) is 1. The maximum absolute atomic E-state index is 12.1. The van der Waals surface area contributed by atoms with Gasteiger partial charge in [-0.25, -0.2) is 0 Å². The van der Waals surface area contributed by atoms with E-state index < -0.39 is 0 Å². The fourth-order valence-electron chi connectivity index (χ4n) is 2.94. The minimum absolute atomic E-state index is 0. The minimum Gasteiger partial charge on any atom is -0.355 e. The number of carbonyl (C=O) groups excluding carboxylic acids is 1. The average molecular weight is 375 g/mol. The van der Waals surface area contributed by atoms with E-state index in [1.165, 1.54) is 27.8 Å². The number of rotatable bonds is 4. The van der Waals surface area contributed by atoms with Crippen LogP contribution in [0, 0.1) is 34.6 Å². The SMILES string of the molecule is Cc1c(C)c(C)c(Nc2ccccc2CC(=O)N(C)C)c(C)c1C.[V]. The molecular weight excluding hydrogens is 347 g/mol. The van der Waals surface area contributed by atoms with Gasteiger partial charge in [0.15, 0.2) is 0 Å². The van der Waals surface area contributed by atoms with Gasteiger partial charge in [0.05, 0.1) is 6.42 Å². The Hall–Kier alpha value is -1.71. The molecule has 2 aromatic rings. The number of para-hydroxylation sites is 1. The molecule has 0 atom stereocenters. The number of nitrogens with one attached hydrogen (secondary N) is 1. The Bertz CT molecular complexity index is 753. The molecule has 133 valence electrons. The van der Waals surface area contributed by atoms with Crippen molar-refractivity contribution in [3.63, 3.8) is 0 Å². The van der Waals surface area contributed by atoms with E-state index in [1.807, 2.05) is 24.3 Å². The normalized spacial score (nSPS) is 10.2. The maximum Gasteiger partial charge on any atom is 0.226 e. The summed E-state index contributed by atoms with van der Waals surface area (Å²) in [6, 6.07) is 8.04. The van der Waals surface area contributed by atoms with E-state index in [9.17, 15) is 4.79 Å². The molecule has 25 heavy (non-hydrogen) atoms. The predicted molar refractivity (Wildman–Crippen MR) is 102 cm³/mol. The van der Waals surface area contributed by atoms with Gasteiger partial charge in [-0.05, 0) is 74.1 Å². The predicted octanol–water partition coefficient (Wildman–Crippen LogP) is 4.60. The van der Waals surface area contributed by atoms with Gasteiger partial charge >= 0.3 is 0 Å². The van der Waals surface area contributed by atoms with Crippen LogP contribution in [0.3, 0.4) is 0 Å². The molecular formula is C21H28N2OV. The van der Waals surface area contributed by atoms with Crippen LogP contribution in [0.5, 0.6) is 0 Å². The number of hydrogen-bond acceptors (Lipinski definition) is 2. The summed E-state index contributed by atoms with van der Waals surface area (Å²) in [7, 11) is 3.58. The molecule has 1 N–H and O–H groups in total. The third-order valence-electron chi connectivity index (χ3n) is 5.12. The van der Waals surface area contributed by atoms with Gasteiger partial charge in [0.1, 0.15) is 0 Å². The van der Waals surface area contributed by atoms with Crippen LogP contribution in [0.25, 0.3) is 0 Å². The van der Waals surface area contributed by atoms with Crippen LogP contribution in [0.4, 0.5) is 11.4 Å². The minimum atomic E-state index is 0. The first-order valence-corrected chi connectivity index (χ1v) is 8.36. The number of amides is 1. The van der Waals surface area contributed by atoms with E-state index >= 15 is 0 Å². The molecule has 0 saturated carbocycles. The maximum atomic E-state index is 12.1. The van der Waals surface area contributed by atoms with Crippen LogP contribution in [0.15, 0.2) is 24.3 Å². The summed E-state index contributed by atoms with van der Waals surface area (Å²) in [5.41, 5.74) is 9.71. The van der Waals surface area contributed by atoms with E-state index in [4.69, 9.17) is 0 Å². The van der Waals surface area contributed by atoms with Crippen molar-refractivity contribution in [1.29, 1.82) is 0 Å². The summed E-state index contributed by atoms with van der Waals surface area (Å²) in [6.45, 7) is 10.8. The fraction of sp³-hybridized carbons (Fsp3) is 0.381. The summed E-state index contributed by atoms with van der Waals surface area (Å²) in [5.74, 6) is 0.106. The smallest absolute Gasteiger partial charge is 0.226 e. The largest absolute Gasteiger partial charge is 0.355 e. The second-order valence-corrected chi connectivity index (χ2v) is 6.75. The van der Waals surface area contributed by atoms with Crippen LogP contribution in [0.1, 0.15) is 33.4 Å². The summed E-state index contributed by atoms with van der Waals surface area (Å²) < 4.78 is 0. The van der Waals surface area contributed by atoms with Crippen molar-refractivity contribution >= 4 is 17.3 Å². The molecule has 2 rings (SSSR count). The van der Waals surface area contributed by atoms with Gasteiger partial charge in [-0.15, -0.1) is 0 Å². The first-order chi connectivity index (χ1) is 11.2. The standard InChI is InChI=1S/C21H28N2O.V/c1-13-14(2)16(4)21(17(5)15(13)3)22-19-11-9-8-10-18(19)12-20(24)23(6)7;/h8-11,22H,12H2,1-7H3;. The Kier molecular flexibility index (Phi) is 7.34. The molecule has 0 spiro atoms. The van der Waals surface area contributed by atoms with Gasteiger partial charge in [0, 0.05) is 44.0 Å². The molecule has 1 amide bonds. The Morgan fingerprint density at radius 3 is 1.88 bits per heavy atom. The molecule has 0 aliphatic heterocycles. The first kappa shape index (κ1) is 21.3. The molecule has 3 nitrogen and oxygen atoms in total. The molecule has 0 aromatic heterocycles. The van der Waals surface area contributed by atoms with E-state index in [2.05, 4.69) is 39.9 Å². The fourth-order valence-corrected chi connectivity index (χ4v) is 2.94. The summed E-state index contributed by atoms with van der Waals surface area (Å²) in [5, 5.41) is 3.59. The van der Waals surface area contributed by atoms with Crippen molar-refractivity contribution in [1.82, 2.24) is 4.90 Å². The number of hydrogen-bond donors (Lipinski definition) is 1. The van der Waals surface area contributed by atoms with Crippen LogP contribution in [0.2, 0.25) is 0 Å². The third kappa shape index (κ3) is 4.48. The van der Waals surface area contributed by atoms with Gasteiger partial charge in [0.25, 0.3) is 0 Å². The summed E-state index contributed by atoms with van der Waals surface area (Å²) in [4.78, 5) is 13.7. The number of carbonyl (C=O) groups is 1. The second kappa shape index (κ2) is 8.60. The zero-order chi connectivity index (χ0) is 18.0. The molecule has 0 saturated heterocycles. The van der Waals surface area contributed by atoms with E-state index in [0.717, 1.165) is 16.9 Å². The van der Waals surface area contributed by atoms with Gasteiger partial charge in [-0.3, -0.25) is 4.79 Å². The molecule has 0 heterocycles. The average Bonchev–Trinajstić information content (AvgIpc) is 2.56. The molecule has 2 aromatic carbocycles. The van der Waals surface area contributed by atoms with E-state index in [-0.39, 0.29) is 24.5 Å². The number of nitrogens with zero attached hydrogens (tertiary/aromatic N) is 1. The van der Waals surface area contributed by atoms with Crippen LogP contribution < -0.4 is 5.32 Å². The topological polar surface area (TPSA) is 32.3 Å². The van der Waals surface area contributed by atoms with Crippen molar-refractivity contribution in [3.05, 3.63) is 57.6 Å². The zero-order valence-electron chi connectivity index (χ0n) is 16.3. The van der Waals surface area contributed by atoms with Gasteiger partial charge < -0.3 is 10.2 Å².